The van der Waals surface area contributed by atoms with E-state index in [0.29, 0.717) is 17.9 Å². The topological polar surface area (TPSA) is 91.6 Å². The third kappa shape index (κ3) is 3.42. The highest BCUT2D eigenvalue weighted by Crippen LogP contribution is 2.18. The summed E-state index contributed by atoms with van der Waals surface area (Å²) in [7, 11) is 1.57. The zero-order chi connectivity index (χ0) is 15.4. The Kier molecular flexibility index (Phi) is 4.27. The molecule has 3 N–H and O–H groups in total. The monoisotopic (exact) mass is 288 g/mol. The molecule has 1 amide bonds. The molecule has 6 heteroatoms. The molecule has 1 aromatic carbocycles. The summed E-state index contributed by atoms with van der Waals surface area (Å²) < 4.78 is 5.16. The Bertz CT molecular complexity index is 676. The standard InChI is InChI=1S/C15H16N2O4/c1-9-3-4-10(14(18)16-2)6-13(9)17-7-12-5-11(8-21-12)15(19)20/h3-6,8,17H,7H2,1-2H3,(H,16,18)(H,19,20). The SMILES string of the molecule is CNC(=O)c1ccc(C)c(NCc2cc(C(=O)O)co2)c1. The molecule has 21 heavy (non-hydrogen) atoms. The Morgan fingerprint density at radius 2 is 2.00 bits per heavy atom. The highest BCUT2D eigenvalue weighted by atomic mass is 16.4. The Labute approximate surface area is 121 Å². The summed E-state index contributed by atoms with van der Waals surface area (Å²) >= 11 is 0. The van der Waals surface area contributed by atoms with Gasteiger partial charge in [-0.15, -0.1) is 0 Å². The van der Waals surface area contributed by atoms with E-state index in [1.807, 2.05) is 13.0 Å². The maximum absolute atomic E-state index is 11.6. The molecule has 0 fully saturated rings. The Balaban J connectivity index is 2.11. The van der Waals surface area contributed by atoms with Crippen molar-refractivity contribution in [3.8, 4) is 0 Å². The van der Waals surface area contributed by atoms with E-state index >= 15 is 0 Å². The van der Waals surface area contributed by atoms with E-state index in [1.165, 1.54) is 12.3 Å². The second-order valence-corrected chi connectivity index (χ2v) is 4.57. The third-order valence-electron chi connectivity index (χ3n) is 3.08. The van der Waals surface area contributed by atoms with Crippen LogP contribution in [0.15, 0.2) is 34.9 Å². The summed E-state index contributed by atoms with van der Waals surface area (Å²) in [5.74, 6) is -0.677. The molecule has 0 spiro atoms. The van der Waals surface area contributed by atoms with Crippen molar-refractivity contribution < 1.29 is 19.1 Å². The Hall–Kier alpha value is -2.76. The summed E-state index contributed by atoms with van der Waals surface area (Å²) in [4.78, 5) is 22.4. The van der Waals surface area contributed by atoms with Crippen LogP contribution in [0.3, 0.4) is 0 Å². The van der Waals surface area contributed by atoms with E-state index in [1.54, 1.807) is 19.2 Å². The predicted octanol–water partition coefficient (Wildman–Crippen LogP) is 2.26. The quantitative estimate of drug-likeness (QED) is 0.785. The number of hydrogen-bond acceptors (Lipinski definition) is 4. The van der Waals surface area contributed by atoms with E-state index in [2.05, 4.69) is 10.6 Å². The molecule has 110 valence electrons. The van der Waals surface area contributed by atoms with Crippen molar-refractivity contribution in [2.45, 2.75) is 13.5 Å². The predicted molar refractivity (Wildman–Crippen MR) is 77.6 cm³/mol. The Morgan fingerprint density at radius 1 is 1.24 bits per heavy atom. The summed E-state index contributed by atoms with van der Waals surface area (Å²) in [6.45, 7) is 2.26. The fourth-order valence-corrected chi connectivity index (χ4v) is 1.87. The number of benzene rings is 1. The molecule has 0 atom stereocenters. The molecule has 0 bridgehead atoms. The first-order chi connectivity index (χ1) is 10.0. The van der Waals surface area contributed by atoms with Crippen molar-refractivity contribution in [2.75, 3.05) is 12.4 Å². The van der Waals surface area contributed by atoms with Crippen LogP contribution in [0.1, 0.15) is 32.0 Å². The number of aromatic carboxylic acids is 1. The molecule has 2 rings (SSSR count). The van der Waals surface area contributed by atoms with E-state index in [9.17, 15) is 9.59 Å². The van der Waals surface area contributed by atoms with Crippen molar-refractivity contribution in [2.24, 2.45) is 0 Å². The van der Waals surface area contributed by atoms with Crippen LogP contribution in [-0.2, 0) is 6.54 Å². The number of rotatable bonds is 5. The van der Waals surface area contributed by atoms with Crippen LogP contribution in [-0.4, -0.2) is 24.0 Å². The maximum Gasteiger partial charge on any atom is 0.338 e. The summed E-state index contributed by atoms with van der Waals surface area (Å²) in [5.41, 5.74) is 2.44. The van der Waals surface area contributed by atoms with E-state index in [0.717, 1.165) is 11.3 Å². The van der Waals surface area contributed by atoms with E-state index < -0.39 is 5.97 Å². The van der Waals surface area contributed by atoms with Gasteiger partial charge in [0.1, 0.15) is 12.0 Å². The minimum absolute atomic E-state index is 0.114. The summed E-state index contributed by atoms with van der Waals surface area (Å²) in [5, 5.41) is 14.5. The average Bonchev–Trinajstić information content (AvgIpc) is 2.94. The highest BCUT2D eigenvalue weighted by Gasteiger charge is 2.09. The van der Waals surface area contributed by atoms with Gasteiger partial charge in [0.05, 0.1) is 12.1 Å². The number of nitrogens with one attached hydrogen (secondary N) is 2. The number of carboxylic acid groups (broad SMARTS) is 1. The van der Waals surface area contributed by atoms with Crippen LogP contribution in [0.5, 0.6) is 0 Å². The number of carbonyl (C=O) groups excluding carboxylic acids is 1. The van der Waals surface area contributed by atoms with Crippen LogP contribution >= 0.6 is 0 Å². The lowest BCUT2D eigenvalue weighted by Gasteiger charge is -2.10. The van der Waals surface area contributed by atoms with Gasteiger partial charge in [-0.25, -0.2) is 4.79 Å². The third-order valence-corrected chi connectivity index (χ3v) is 3.08. The van der Waals surface area contributed by atoms with Gasteiger partial charge < -0.3 is 20.2 Å². The number of carboxylic acids is 1. The first-order valence-corrected chi connectivity index (χ1v) is 6.38. The van der Waals surface area contributed by atoms with Gasteiger partial charge in [-0.3, -0.25) is 4.79 Å². The minimum Gasteiger partial charge on any atom is -0.478 e. The van der Waals surface area contributed by atoms with Gasteiger partial charge in [0.25, 0.3) is 5.91 Å². The first-order valence-electron chi connectivity index (χ1n) is 6.38. The van der Waals surface area contributed by atoms with Crippen molar-refractivity contribution in [1.82, 2.24) is 5.32 Å². The maximum atomic E-state index is 11.6. The molecule has 0 aliphatic carbocycles. The van der Waals surface area contributed by atoms with Crippen molar-refractivity contribution in [3.05, 3.63) is 53.0 Å². The molecule has 6 nitrogen and oxygen atoms in total. The van der Waals surface area contributed by atoms with Gasteiger partial charge in [-0.05, 0) is 30.7 Å². The minimum atomic E-state index is -1.03. The van der Waals surface area contributed by atoms with Gasteiger partial charge >= 0.3 is 5.97 Å². The number of carbonyl (C=O) groups is 2. The number of aryl methyl sites for hydroxylation is 1. The van der Waals surface area contributed by atoms with Gasteiger partial charge in [0.15, 0.2) is 0 Å². The van der Waals surface area contributed by atoms with Crippen LogP contribution in [0.25, 0.3) is 0 Å². The van der Waals surface area contributed by atoms with Gasteiger partial charge in [0, 0.05) is 18.3 Å². The second kappa shape index (κ2) is 6.13. The summed E-state index contributed by atoms with van der Waals surface area (Å²) in [6, 6.07) is 6.80. The van der Waals surface area contributed by atoms with Crippen LogP contribution in [0.2, 0.25) is 0 Å². The van der Waals surface area contributed by atoms with Crippen molar-refractivity contribution in [1.29, 1.82) is 0 Å². The molecule has 0 unspecified atom stereocenters. The highest BCUT2D eigenvalue weighted by molar-refractivity contribution is 5.95. The van der Waals surface area contributed by atoms with Gasteiger partial charge in [-0.2, -0.15) is 0 Å². The molecule has 2 aromatic rings. The number of furan rings is 1. The zero-order valence-corrected chi connectivity index (χ0v) is 11.8. The molecule has 1 aromatic heterocycles. The van der Waals surface area contributed by atoms with E-state index in [4.69, 9.17) is 9.52 Å². The molecular formula is C15H16N2O4. The lowest BCUT2D eigenvalue weighted by atomic mass is 10.1. The molecule has 0 radical (unpaired) electrons. The number of anilines is 1. The Morgan fingerprint density at radius 3 is 2.62 bits per heavy atom. The first kappa shape index (κ1) is 14.6. The van der Waals surface area contributed by atoms with Crippen LogP contribution < -0.4 is 10.6 Å². The van der Waals surface area contributed by atoms with Crippen LogP contribution in [0, 0.1) is 6.92 Å². The van der Waals surface area contributed by atoms with Crippen molar-refractivity contribution in [3.63, 3.8) is 0 Å². The fourth-order valence-electron chi connectivity index (χ4n) is 1.87. The zero-order valence-electron chi connectivity index (χ0n) is 11.8. The number of hydrogen-bond donors (Lipinski definition) is 3. The molecule has 0 aliphatic rings. The van der Waals surface area contributed by atoms with Gasteiger partial charge in [0.2, 0.25) is 0 Å². The summed E-state index contributed by atoms with van der Waals surface area (Å²) in [6.07, 6.45) is 1.20. The smallest absolute Gasteiger partial charge is 0.338 e. The number of amides is 1. The fraction of sp³-hybridized carbons (Fsp3) is 0.200. The largest absolute Gasteiger partial charge is 0.478 e. The normalized spacial score (nSPS) is 10.2. The molecule has 1 heterocycles. The average molecular weight is 288 g/mol. The molecule has 0 saturated carbocycles. The lowest BCUT2D eigenvalue weighted by Crippen LogP contribution is -2.18. The second-order valence-electron chi connectivity index (χ2n) is 4.57. The van der Waals surface area contributed by atoms with Crippen LogP contribution in [0.4, 0.5) is 5.69 Å². The lowest BCUT2D eigenvalue weighted by molar-refractivity contribution is 0.0696. The molecular weight excluding hydrogens is 272 g/mol. The molecule has 0 aliphatic heterocycles. The molecule has 0 saturated heterocycles. The van der Waals surface area contributed by atoms with Crippen molar-refractivity contribution >= 4 is 17.6 Å². The van der Waals surface area contributed by atoms with E-state index in [-0.39, 0.29) is 11.5 Å². The van der Waals surface area contributed by atoms with Gasteiger partial charge in [-0.1, -0.05) is 6.07 Å².